The molecule has 0 saturated carbocycles. The molecule has 0 aliphatic rings. The van der Waals surface area contributed by atoms with Crippen LogP contribution in [0, 0.1) is 0 Å². The number of rotatable bonds is 3. The van der Waals surface area contributed by atoms with Crippen molar-refractivity contribution in [1.82, 2.24) is 9.97 Å². The summed E-state index contributed by atoms with van der Waals surface area (Å²) in [5.41, 5.74) is 7.50. The largest absolute Gasteiger partial charge is 0.330 e. The number of hydrogen-bond donors (Lipinski definition) is 1. The molecule has 2 N–H and O–H groups in total. The molecule has 0 aliphatic heterocycles. The number of aromatic nitrogens is 2. The summed E-state index contributed by atoms with van der Waals surface area (Å²) in [6.45, 7) is 0.595. The van der Waals surface area contributed by atoms with Crippen molar-refractivity contribution in [3.8, 4) is 11.4 Å². The molecule has 2 aromatic rings. The van der Waals surface area contributed by atoms with E-state index in [-0.39, 0.29) is 0 Å². The van der Waals surface area contributed by atoms with E-state index < -0.39 is 0 Å². The van der Waals surface area contributed by atoms with Crippen LogP contribution in [0.5, 0.6) is 0 Å². The Hall–Kier alpha value is -1.26. The van der Waals surface area contributed by atoms with E-state index >= 15 is 0 Å². The Bertz CT molecular complexity index is 471. The lowest BCUT2D eigenvalue weighted by atomic mass is 10.2. The van der Waals surface area contributed by atoms with Crippen molar-refractivity contribution in [2.24, 2.45) is 5.73 Å². The second-order valence-electron chi connectivity index (χ2n) is 3.41. The van der Waals surface area contributed by atoms with Crippen molar-refractivity contribution in [3.05, 3.63) is 46.7 Å². The molecular weight excluding hydrogens is 266 g/mol. The van der Waals surface area contributed by atoms with Gasteiger partial charge in [0.1, 0.15) is 4.60 Å². The molecule has 82 valence electrons. The third kappa shape index (κ3) is 2.65. The number of hydrogen-bond acceptors (Lipinski definition) is 3. The van der Waals surface area contributed by atoms with Crippen LogP contribution in [0.4, 0.5) is 0 Å². The molecule has 0 fully saturated rings. The van der Waals surface area contributed by atoms with Gasteiger partial charge in [-0.1, -0.05) is 30.3 Å². The molecule has 0 amide bonds. The van der Waals surface area contributed by atoms with Gasteiger partial charge in [0.15, 0.2) is 5.82 Å². The van der Waals surface area contributed by atoms with Gasteiger partial charge in [-0.2, -0.15) is 0 Å². The quantitative estimate of drug-likeness (QED) is 0.877. The third-order valence-corrected chi connectivity index (χ3v) is 2.59. The minimum atomic E-state index is 0.595. The van der Waals surface area contributed by atoms with Crippen molar-refractivity contribution in [2.75, 3.05) is 6.54 Å². The van der Waals surface area contributed by atoms with Crippen LogP contribution in [-0.2, 0) is 6.42 Å². The molecule has 0 atom stereocenters. The van der Waals surface area contributed by atoms with Gasteiger partial charge in [0, 0.05) is 17.7 Å². The lowest BCUT2D eigenvalue weighted by Gasteiger charge is -2.04. The maximum atomic E-state index is 5.52. The van der Waals surface area contributed by atoms with Gasteiger partial charge in [-0.25, -0.2) is 9.97 Å². The van der Waals surface area contributed by atoms with E-state index in [4.69, 9.17) is 5.73 Å². The fraction of sp³-hybridized carbons (Fsp3) is 0.167. The Morgan fingerprint density at radius 2 is 1.88 bits per heavy atom. The van der Waals surface area contributed by atoms with Gasteiger partial charge in [-0.3, -0.25) is 0 Å². The SMILES string of the molecule is NCCc1cc(Br)nc(-c2ccccc2)n1. The van der Waals surface area contributed by atoms with Crippen molar-refractivity contribution in [3.63, 3.8) is 0 Å². The van der Waals surface area contributed by atoms with E-state index in [0.29, 0.717) is 6.54 Å². The van der Waals surface area contributed by atoms with Gasteiger partial charge in [-0.05, 0) is 28.5 Å². The molecule has 0 radical (unpaired) electrons. The number of nitrogens with two attached hydrogens (primary N) is 1. The predicted molar refractivity (Wildman–Crippen MR) is 67.9 cm³/mol. The van der Waals surface area contributed by atoms with Crippen molar-refractivity contribution < 1.29 is 0 Å². The lowest BCUT2D eigenvalue weighted by Crippen LogP contribution is -2.05. The van der Waals surface area contributed by atoms with Crippen LogP contribution in [0.3, 0.4) is 0 Å². The molecule has 0 unspecified atom stereocenters. The van der Waals surface area contributed by atoms with E-state index in [0.717, 1.165) is 28.1 Å². The molecule has 0 spiro atoms. The molecule has 4 heteroatoms. The second-order valence-corrected chi connectivity index (χ2v) is 4.22. The first-order valence-corrected chi connectivity index (χ1v) is 5.88. The van der Waals surface area contributed by atoms with Crippen molar-refractivity contribution in [1.29, 1.82) is 0 Å². The van der Waals surface area contributed by atoms with Gasteiger partial charge in [0.2, 0.25) is 0 Å². The molecule has 16 heavy (non-hydrogen) atoms. The summed E-state index contributed by atoms with van der Waals surface area (Å²) >= 11 is 3.39. The third-order valence-electron chi connectivity index (χ3n) is 2.18. The first-order chi connectivity index (χ1) is 7.79. The van der Waals surface area contributed by atoms with E-state index in [1.807, 2.05) is 36.4 Å². The molecule has 2 rings (SSSR count). The van der Waals surface area contributed by atoms with Crippen LogP contribution < -0.4 is 5.73 Å². The van der Waals surface area contributed by atoms with Crippen LogP contribution in [0.1, 0.15) is 5.69 Å². The Morgan fingerprint density at radius 3 is 2.56 bits per heavy atom. The van der Waals surface area contributed by atoms with E-state index in [1.165, 1.54) is 0 Å². The standard InChI is InChI=1S/C12H12BrN3/c13-11-8-10(6-7-14)15-12(16-11)9-4-2-1-3-5-9/h1-5,8H,6-7,14H2. The minimum Gasteiger partial charge on any atom is -0.330 e. The van der Waals surface area contributed by atoms with Crippen molar-refractivity contribution >= 4 is 15.9 Å². The summed E-state index contributed by atoms with van der Waals surface area (Å²) in [6.07, 6.45) is 0.765. The number of halogens is 1. The van der Waals surface area contributed by atoms with E-state index in [2.05, 4.69) is 25.9 Å². The minimum absolute atomic E-state index is 0.595. The monoisotopic (exact) mass is 277 g/mol. The van der Waals surface area contributed by atoms with E-state index in [9.17, 15) is 0 Å². The molecule has 1 heterocycles. The van der Waals surface area contributed by atoms with Gasteiger partial charge >= 0.3 is 0 Å². The van der Waals surface area contributed by atoms with Crippen LogP contribution >= 0.6 is 15.9 Å². The highest BCUT2D eigenvalue weighted by molar-refractivity contribution is 9.10. The first kappa shape index (κ1) is 11.2. The van der Waals surface area contributed by atoms with Crippen LogP contribution in [0.15, 0.2) is 41.0 Å². The summed E-state index contributed by atoms with van der Waals surface area (Å²) in [5.74, 6) is 0.735. The topological polar surface area (TPSA) is 51.8 Å². The molecule has 0 bridgehead atoms. The zero-order chi connectivity index (χ0) is 11.4. The predicted octanol–water partition coefficient (Wildman–Crippen LogP) is 2.41. The fourth-order valence-corrected chi connectivity index (χ4v) is 1.89. The molecule has 0 aliphatic carbocycles. The summed E-state index contributed by atoms with van der Waals surface area (Å²) < 4.78 is 0.796. The van der Waals surface area contributed by atoms with Crippen LogP contribution in [0.25, 0.3) is 11.4 Å². The first-order valence-electron chi connectivity index (χ1n) is 5.08. The fourth-order valence-electron chi connectivity index (χ4n) is 1.46. The van der Waals surface area contributed by atoms with Crippen LogP contribution in [-0.4, -0.2) is 16.5 Å². The Morgan fingerprint density at radius 1 is 1.12 bits per heavy atom. The van der Waals surface area contributed by atoms with Gasteiger partial charge in [0.25, 0.3) is 0 Å². The van der Waals surface area contributed by atoms with Gasteiger partial charge in [0.05, 0.1) is 0 Å². The highest BCUT2D eigenvalue weighted by Crippen LogP contribution is 2.18. The number of benzene rings is 1. The molecular formula is C12H12BrN3. The summed E-state index contributed by atoms with van der Waals surface area (Å²) in [6, 6.07) is 11.8. The average molecular weight is 278 g/mol. The number of nitrogens with zero attached hydrogens (tertiary/aromatic N) is 2. The maximum Gasteiger partial charge on any atom is 0.160 e. The highest BCUT2D eigenvalue weighted by Gasteiger charge is 2.04. The maximum absolute atomic E-state index is 5.52. The lowest BCUT2D eigenvalue weighted by molar-refractivity contribution is 0.908. The molecule has 0 saturated heterocycles. The molecule has 1 aromatic carbocycles. The summed E-state index contributed by atoms with van der Waals surface area (Å²) in [5, 5.41) is 0. The smallest absolute Gasteiger partial charge is 0.160 e. The summed E-state index contributed by atoms with van der Waals surface area (Å²) in [4.78, 5) is 8.82. The zero-order valence-electron chi connectivity index (χ0n) is 8.73. The van der Waals surface area contributed by atoms with Crippen LogP contribution in [0.2, 0.25) is 0 Å². The molecule has 3 nitrogen and oxygen atoms in total. The van der Waals surface area contributed by atoms with Gasteiger partial charge in [-0.15, -0.1) is 0 Å². The molecule has 1 aromatic heterocycles. The Labute approximate surface area is 103 Å². The Kier molecular flexibility index (Phi) is 3.64. The zero-order valence-corrected chi connectivity index (χ0v) is 10.3. The van der Waals surface area contributed by atoms with Gasteiger partial charge < -0.3 is 5.73 Å². The second kappa shape index (κ2) is 5.18. The summed E-state index contributed by atoms with van der Waals surface area (Å²) in [7, 11) is 0. The normalized spacial score (nSPS) is 10.4. The Balaban J connectivity index is 2.41. The average Bonchev–Trinajstić information content (AvgIpc) is 2.30. The highest BCUT2D eigenvalue weighted by atomic mass is 79.9. The van der Waals surface area contributed by atoms with Crippen molar-refractivity contribution in [2.45, 2.75) is 6.42 Å². The van der Waals surface area contributed by atoms with E-state index in [1.54, 1.807) is 0 Å².